The third-order valence-electron chi connectivity index (χ3n) is 6.91. The van der Waals surface area contributed by atoms with Crippen molar-refractivity contribution >= 4 is 62.4 Å². The number of ether oxygens (including phenoxy) is 2. The monoisotopic (exact) mass is 599 g/mol. The number of thiophene rings is 1. The normalized spacial score (nSPS) is 16.6. The van der Waals surface area contributed by atoms with Gasteiger partial charge in [0.25, 0.3) is 5.91 Å². The minimum absolute atomic E-state index is 0.161. The minimum Gasteiger partial charge on any atom is -0.457 e. The lowest BCUT2D eigenvalue weighted by Crippen LogP contribution is -2.53. The van der Waals surface area contributed by atoms with Gasteiger partial charge in [-0.1, -0.05) is 18.2 Å². The fraction of sp³-hybridized carbons (Fsp3) is 0.258. The fourth-order valence-electron chi connectivity index (χ4n) is 4.97. The van der Waals surface area contributed by atoms with Crippen LogP contribution in [0.1, 0.15) is 36.9 Å². The Hall–Kier alpha value is -4.97. The number of pyridine rings is 1. The zero-order valence-electron chi connectivity index (χ0n) is 23.7. The Morgan fingerprint density at radius 2 is 1.74 bits per heavy atom. The molecule has 2 aliphatic heterocycles. The lowest BCUT2D eigenvalue weighted by Gasteiger charge is -2.32. The molecule has 0 spiro atoms. The number of aromatic nitrogens is 1. The Kier molecular flexibility index (Phi) is 7.22. The number of likely N-dealkylation sites (tertiary alicyclic amines) is 1. The molecule has 2 aromatic carbocycles. The molecule has 0 aliphatic carbocycles. The molecule has 0 unspecified atom stereocenters. The van der Waals surface area contributed by atoms with Gasteiger partial charge >= 0.3 is 12.1 Å². The zero-order chi connectivity index (χ0) is 30.3. The SMILES string of the molecule is CC(C)(C)OC(=O)N1CC[C@@H](NC(=O)c2sc3nccc4c3c2NC(=O)N4c2ccc(Oc3ccccc3)cc2)C(=O)C1. The van der Waals surface area contributed by atoms with Crippen molar-refractivity contribution in [1.29, 1.82) is 0 Å². The van der Waals surface area contributed by atoms with Crippen molar-refractivity contribution < 1.29 is 28.7 Å². The van der Waals surface area contributed by atoms with Crippen LogP contribution in [0.2, 0.25) is 0 Å². The van der Waals surface area contributed by atoms with E-state index in [-0.39, 0.29) is 30.2 Å². The van der Waals surface area contributed by atoms with Crippen LogP contribution >= 0.6 is 11.3 Å². The first kappa shape index (κ1) is 28.2. The molecule has 1 atom stereocenters. The number of benzene rings is 2. The van der Waals surface area contributed by atoms with Crippen molar-refractivity contribution in [3.8, 4) is 11.5 Å². The van der Waals surface area contributed by atoms with Gasteiger partial charge in [0.1, 0.15) is 26.8 Å². The highest BCUT2D eigenvalue weighted by Gasteiger charge is 2.36. The summed E-state index contributed by atoms with van der Waals surface area (Å²) in [5, 5.41) is 6.28. The molecule has 0 saturated carbocycles. The number of anilines is 3. The predicted molar refractivity (Wildman–Crippen MR) is 162 cm³/mol. The highest BCUT2D eigenvalue weighted by Crippen LogP contribution is 2.46. The molecule has 1 fully saturated rings. The molecule has 220 valence electrons. The number of urea groups is 1. The van der Waals surface area contributed by atoms with E-state index in [1.54, 1.807) is 57.3 Å². The highest BCUT2D eigenvalue weighted by molar-refractivity contribution is 7.21. The van der Waals surface area contributed by atoms with Gasteiger partial charge in [0.05, 0.1) is 35.0 Å². The van der Waals surface area contributed by atoms with Crippen LogP contribution in [-0.4, -0.2) is 58.4 Å². The number of amides is 4. The van der Waals surface area contributed by atoms with E-state index >= 15 is 0 Å². The molecule has 1 saturated heterocycles. The van der Waals surface area contributed by atoms with Crippen LogP contribution in [-0.2, 0) is 9.53 Å². The molecule has 6 rings (SSSR count). The van der Waals surface area contributed by atoms with Crippen LogP contribution in [0.25, 0.3) is 10.2 Å². The fourth-order valence-corrected chi connectivity index (χ4v) is 5.99. The number of carbonyl (C=O) groups excluding carboxylic acids is 4. The number of nitrogens with zero attached hydrogens (tertiary/aromatic N) is 3. The van der Waals surface area contributed by atoms with Gasteiger partial charge in [0, 0.05) is 12.7 Å². The van der Waals surface area contributed by atoms with Gasteiger partial charge in [-0.25, -0.2) is 14.6 Å². The van der Waals surface area contributed by atoms with E-state index in [0.717, 1.165) is 11.3 Å². The van der Waals surface area contributed by atoms with Crippen molar-refractivity contribution in [3.05, 3.63) is 71.7 Å². The number of ketones is 1. The average molecular weight is 600 g/mol. The Bertz CT molecular complexity index is 1730. The lowest BCUT2D eigenvalue weighted by molar-refractivity contribution is -0.124. The molecular weight excluding hydrogens is 570 g/mol. The molecule has 43 heavy (non-hydrogen) atoms. The van der Waals surface area contributed by atoms with Gasteiger partial charge in [-0.15, -0.1) is 11.3 Å². The van der Waals surface area contributed by atoms with Crippen molar-refractivity contribution in [2.75, 3.05) is 23.3 Å². The second-order valence-electron chi connectivity index (χ2n) is 11.2. The molecule has 2 N–H and O–H groups in total. The predicted octanol–water partition coefficient (Wildman–Crippen LogP) is 6.08. The lowest BCUT2D eigenvalue weighted by atomic mass is 10.0. The number of hydrogen-bond donors (Lipinski definition) is 2. The second-order valence-corrected chi connectivity index (χ2v) is 12.2. The number of nitrogens with one attached hydrogen (secondary N) is 2. The van der Waals surface area contributed by atoms with E-state index in [0.29, 0.717) is 38.8 Å². The molecule has 4 heterocycles. The average Bonchev–Trinajstić information content (AvgIpc) is 3.34. The van der Waals surface area contributed by atoms with E-state index < -0.39 is 29.7 Å². The van der Waals surface area contributed by atoms with Gasteiger partial charge in [-0.3, -0.25) is 14.5 Å². The van der Waals surface area contributed by atoms with E-state index in [4.69, 9.17) is 9.47 Å². The summed E-state index contributed by atoms with van der Waals surface area (Å²) in [5.41, 5.74) is 0.860. The van der Waals surface area contributed by atoms with Crippen LogP contribution in [0.15, 0.2) is 66.9 Å². The number of Topliss-reactive ketones (excluding diaryl/α,β-unsaturated/α-hetero) is 1. The van der Waals surface area contributed by atoms with Gasteiger partial charge in [0.2, 0.25) is 0 Å². The van der Waals surface area contributed by atoms with E-state index in [1.165, 1.54) is 9.80 Å². The number of hydrogen-bond acceptors (Lipinski definition) is 8. The minimum atomic E-state index is -0.775. The van der Waals surface area contributed by atoms with E-state index in [1.807, 2.05) is 30.3 Å². The number of carbonyl (C=O) groups is 4. The summed E-state index contributed by atoms with van der Waals surface area (Å²) in [7, 11) is 0. The highest BCUT2D eigenvalue weighted by atomic mass is 32.1. The summed E-state index contributed by atoms with van der Waals surface area (Å²) < 4.78 is 11.2. The second kappa shape index (κ2) is 11.0. The molecule has 11 nitrogen and oxygen atoms in total. The molecule has 2 aliphatic rings. The van der Waals surface area contributed by atoms with Crippen LogP contribution in [0.5, 0.6) is 11.5 Å². The first-order valence-corrected chi connectivity index (χ1v) is 14.6. The van der Waals surface area contributed by atoms with Gasteiger partial charge in [0.15, 0.2) is 5.78 Å². The van der Waals surface area contributed by atoms with Crippen LogP contribution < -0.4 is 20.3 Å². The zero-order valence-corrected chi connectivity index (χ0v) is 24.6. The smallest absolute Gasteiger partial charge is 0.410 e. The number of rotatable bonds is 5. The Morgan fingerprint density at radius 1 is 1.02 bits per heavy atom. The van der Waals surface area contributed by atoms with Gasteiger partial charge < -0.3 is 25.0 Å². The van der Waals surface area contributed by atoms with Crippen molar-refractivity contribution in [2.24, 2.45) is 0 Å². The number of para-hydroxylation sites is 1. The summed E-state index contributed by atoms with van der Waals surface area (Å²) >= 11 is 1.13. The quantitative estimate of drug-likeness (QED) is 0.284. The maximum Gasteiger partial charge on any atom is 0.410 e. The van der Waals surface area contributed by atoms with Crippen molar-refractivity contribution in [1.82, 2.24) is 15.2 Å². The summed E-state index contributed by atoms with van der Waals surface area (Å²) in [4.78, 5) is 60.2. The summed E-state index contributed by atoms with van der Waals surface area (Å²) in [6.07, 6.45) is 1.27. The first-order valence-electron chi connectivity index (χ1n) is 13.7. The molecular formula is C31H29N5O6S. The summed E-state index contributed by atoms with van der Waals surface area (Å²) in [5.74, 6) is 0.526. The topological polar surface area (TPSA) is 130 Å². The standard InChI is InChI=1S/C31H29N5O6S/c1-31(2,3)42-30(40)35-16-14-21(23(37)17-35)33-27(38)26-25-24-22(13-15-32-28(24)43-26)36(29(39)34-25)18-9-11-20(12-10-18)41-19-7-5-4-6-8-19/h4-13,15,21H,14,16-17H2,1-3H3,(H,33,38)(H,34,39)/t21-/m1/s1. The van der Waals surface area contributed by atoms with Crippen LogP contribution in [0.4, 0.5) is 26.7 Å². The molecule has 12 heteroatoms. The largest absolute Gasteiger partial charge is 0.457 e. The maximum absolute atomic E-state index is 13.4. The Labute approximate surface area is 251 Å². The molecule has 4 aromatic rings. The van der Waals surface area contributed by atoms with E-state index in [9.17, 15) is 19.2 Å². The Balaban J connectivity index is 1.20. The molecule has 0 bridgehead atoms. The Morgan fingerprint density at radius 3 is 2.44 bits per heavy atom. The first-order chi connectivity index (χ1) is 20.6. The summed E-state index contributed by atoms with van der Waals surface area (Å²) in [6.45, 7) is 5.37. The third-order valence-corrected chi connectivity index (χ3v) is 8.00. The number of piperidine rings is 1. The molecule has 4 amide bonds. The van der Waals surface area contributed by atoms with Crippen LogP contribution in [0.3, 0.4) is 0 Å². The maximum atomic E-state index is 13.4. The van der Waals surface area contributed by atoms with E-state index in [2.05, 4.69) is 15.6 Å². The molecule has 2 aromatic heterocycles. The molecule has 0 radical (unpaired) electrons. The summed E-state index contributed by atoms with van der Waals surface area (Å²) in [6, 6.07) is 17.0. The van der Waals surface area contributed by atoms with Crippen molar-refractivity contribution in [2.45, 2.75) is 38.8 Å². The third kappa shape index (κ3) is 5.73. The van der Waals surface area contributed by atoms with Gasteiger partial charge in [-0.05, 0) is 69.7 Å². The van der Waals surface area contributed by atoms with Gasteiger partial charge in [-0.2, -0.15) is 0 Å². The van der Waals surface area contributed by atoms with Crippen molar-refractivity contribution in [3.63, 3.8) is 0 Å². The van der Waals surface area contributed by atoms with Crippen LogP contribution in [0, 0.1) is 0 Å².